The van der Waals surface area contributed by atoms with Crippen molar-refractivity contribution in [3.8, 4) is 5.75 Å². The van der Waals surface area contributed by atoms with Crippen molar-refractivity contribution in [2.75, 3.05) is 19.7 Å². The fourth-order valence-corrected chi connectivity index (χ4v) is 3.77. The van der Waals surface area contributed by atoms with Gasteiger partial charge in [-0.2, -0.15) is 0 Å². The Labute approximate surface area is 154 Å². The molecule has 3 heterocycles. The van der Waals surface area contributed by atoms with Crippen LogP contribution in [0, 0.1) is 5.92 Å². The number of carbonyl (C=O) groups is 1. The highest BCUT2D eigenvalue weighted by atomic mass is 16.5. The minimum Gasteiger partial charge on any atom is -0.492 e. The molecule has 0 spiro atoms. The van der Waals surface area contributed by atoms with E-state index in [-0.39, 0.29) is 17.9 Å². The first-order chi connectivity index (χ1) is 12.8. The van der Waals surface area contributed by atoms with Gasteiger partial charge in [0.2, 0.25) is 5.91 Å². The molecule has 1 aromatic heterocycles. The van der Waals surface area contributed by atoms with Gasteiger partial charge < -0.3 is 10.1 Å². The third-order valence-electron chi connectivity index (χ3n) is 5.30. The highest BCUT2D eigenvalue weighted by Crippen LogP contribution is 2.27. The summed E-state index contributed by atoms with van der Waals surface area (Å²) in [5, 5.41) is 3.24. The Morgan fingerprint density at radius 2 is 1.96 bits per heavy atom. The van der Waals surface area contributed by atoms with E-state index < -0.39 is 0 Å². The van der Waals surface area contributed by atoms with Gasteiger partial charge in [0.15, 0.2) is 0 Å². The van der Waals surface area contributed by atoms with Crippen LogP contribution < -0.4 is 10.1 Å². The van der Waals surface area contributed by atoms with E-state index in [4.69, 9.17) is 4.74 Å². The van der Waals surface area contributed by atoms with E-state index in [1.54, 1.807) is 0 Å². The van der Waals surface area contributed by atoms with Gasteiger partial charge in [-0.25, -0.2) is 0 Å². The Hall–Kier alpha value is -2.40. The lowest BCUT2D eigenvalue weighted by molar-refractivity contribution is -0.127. The summed E-state index contributed by atoms with van der Waals surface area (Å²) >= 11 is 0. The maximum absolute atomic E-state index is 12.6. The molecule has 26 heavy (non-hydrogen) atoms. The monoisotopic (exact) mass is 351 g/mol. The van der Waals surface area contributed by atoms with Crippen LogP contribution in [0.15, 0.2) is 48.7 Å². The molecule has 0 bridgehead atoms. The summed E-state index contributed by atoms with van der Waals surface area (Å²) in [5.74, 6) is 0.957. The van der Waals surface area contributed by atoms with E-state index in [9.17, 15) is 4.79 Å². The summed E-state index contributed by atoms with van der Waals surface area (Å²) in [5.41, 5.74) is 2.23. The predicted molar refractivity (Wildman–Crippen MR) is 99.8 cm³/mol. The largest absolute Gasteiger partial charge is 0.492 e. The zero-order chi connectivity index (χ0) is 17.8. The van der Waals surface area contributed by atoms with E-state index in [0.29, 0.717) is 6.61 Å². The quantitative estimate of drug-likeness (QED) is 0.919. The second-order valence-corrected chi connectivity index (χ2v) is 7.20. The van der Waals surface area contributed by atoms with Gasteiger partial charge >= 0.3 is 0 Å². The highest BCUT2D eigenvalue weighted by molar-refractivity contribution is 5.80. The fraction of sp³-hybridized carbons (Fsp3) is 0.429. The van der Waals surface area contributed by atoms with Gasteiger partial charge in [-0.3, -0.25) is 14.7 Å². The van der Waals surface area contributed by atoms with E-state index in [0.717, 1.165) is 55.9 Å². The number of carbonyl (C=O) groups excluding carboxylic acids is 1. The molecule has 5 nitrogen and oxygen atoms in total. The molecule has 1 N–H and O–H groups in total. The third kappa shape index (κ3) is 4.05. The molecule has 1 unspecified atom stereocenters. The number of nitrogens with zero attached hydrogens (tertiary/aromatic N) is 2. The van der Waals surface area contributed by atoms with Gasteiger partial charge in [0.25, 0.3) is 0 Å². The number of ether oxygens (including phenoxy) is 1. The number of para-hydroxylation sites is 1. The van der Waals surface area contributed by atoms with Crippen LogP contribution in [0.1, 0.15) is 24.1 Å². The second-order valence-electron chi connectivity index (χ2n) is 7.20. The number of rotatable bonds is 4. The number of hydrogen-bond acceptors (Lipinski definition) is 4. The molecule has 0 radical (unpaired) electrons. The van der Waals surface area contributed by atoms with Crippen LogP contribution >= 0.6 is 0 Å². The van der Waals surface area contributed by atoms with Gasteiger partial charge in [0.1, 0.15) is 12.4 Å². The first-order valence-electron chi connectivity index (χ1n) is 9.41. The summed E-state index contributed by atoms with van der Waals surface area (Å²) in [6, 6.07) is 14.3. The molecule has 1 saturated heterocycles. The average Bonchev–Trinajstić information content (AvgIpc) is 2.70. The van der Waals surface area contributed by atoms with E-state index in [2.05, 4.69) is 21.3 Å². The minimum absolute atomic E-state index is 0.0866. The summed E-state index contributed by atoms with van der Waals surface area (Å²) in [7, 11) is 0. The summed E-state index contributed by atoms with van der Waals surface area (Å²) in [6.45, 7) is 3.34. The van der Waals surface area contributed by atoms with Gasteiger partial charge in [0, 0.05) is 31.9 Å². The third-order valence-corrected chi connectivity index (χ3v) is 5.30. The van der Waals surface area contributed by atoms with E-state index in [1.165, 1.54) is 0 Å². The molecular weight excluding hydrogens is 326 g/mol. The molecular formula is C21H25N3O2. The summed E-state index contributed by atoms with van der Waals surface area (Å²) in [4.78, 5) is 19.4. The standard InChI is InChI=1S/C21H25N3O2/c25-21(17-13-16-5-1-2-7-20(16)26-15-17)23-18-8-11-24(12-9-18)14-19-6-3-4-10-22-19/h1-7,10,17-18H,8-9,11-15H2,(H,23,25). The molecule has 2 aromatic rings. The minimum atomic E-state index is -0.0866. The number of fused-ring (bicyclic) bond motifs is 1. The van der Waals surface area contributed by atoms with E-state index in [1.807, 2.05) is 42.6 Å². The summed E-state index contributed by atoms with van der Waals surface area (Å²) < 4.78 is 5.75. The van der Waals surface area contributed by atoms with Crippen LogP contribution in [0.4, 0.5) is 0 Å². The first kappa shape index (κ1) is 17.0. The molecule has 4 rings (SSSR count). The number of nitrogens with one attached hydrogen (secondary N) is 1. The van der Waals surface area contributed by atoms with Crippen molar-refractivity contribution in [1.82, 2.24) is 15.2 Å². The lowest BCUT2D eigenvalue weighted by Gasteiger charge is -2.33. The van der Waals surface area contributed by atoms with Crippen LogP contribution in [-0.4, -0.2) is 41.5 Å². The Kier molecular flexibility index (Phi) is 5.16. The lowest BCUT2D eigenvalue weighted by Crippen LogP contribution is -2.47. The maximum Gasteiger partial charge on any atom is 0.227 e. The lowest BCUT2D eigenvalue weighted by atomic mass is 9.95. The van der Waals surface area contributed by atoms with Crippen molar-refractivity contribution in [3.63, 3.8) is 0 Å². The van der Waals surface area contributed by atoms with Crippen molar-refractivity contribution in [2.45, 2.75) is 31.8 Å². The van der Waals surface area contributed by atoms with Crippen molar-refractivity contribution < 1.29 is 9.53 Å². The molecule has 1 amide bonds. The van der Waals surface area contributed by atoms with Crippen LogP contribution in [0.25, 0.3) is 0 Å². The number of pyridine rings is 1. The van der Waals surface area contributed by atoms with Gasteiger partial charge in [-0.1, -0.05) is 24.3 Å². The first-order valence-corrected chi connectivity index (χ1v) is 9.41. The number of benzene rings is 1. The van der Waals surface area contributed by atoms with Crippen LogP contribution in [0.5, 0.6) is 5.75 Å². The Bertz CT molecular complexity index is 742. The zero-order valence-electron chi connectivity index (χ0n) is 14.9. The van der Waals surface area contributed by atoms with Crippen molar-refractivity contribution in [1.29, 1.82) is 0 Å². The van der Waals surface area contributed by atoms with E-state index >= 15 is 0 Å². The molecule has 0 aliphatic carbocycles. The number of likely N-dealkylation sites (tertiary alicyclic amines) is 1. The number of piperidine rings is 1. The molecule has 2 aliphatic rings. The fourth-order valence-electron chi connectivity index (χ4n) is 3.77. The molecule has 1 atom stereocenters. The zero-order valence-corrected chi connectivity index (χ0v) is 14.9. The van der Waals surface area contributed by atoms with Gasteiger partial charge in [0.05, 0.1) is 11.6 Å². The van der Waals surface area contributed by atoms with Gasteiger partial charge in [-0.15, -0.1) is 0 Å². The number of hydrogen-bond donors (Lipinski definition) is 1. The van der Waals surface area contributed by atoms with Crippen molar-refractivity contribution in [3.05, 3.63) is 59.9 Å². The molecule has 1 aromatic carbocycles. The van der Waals surface area contributed by atoms with Crippen LogP contribution in [0.2, 0.25) is 0 Å². The van der Waals surface area contributed by atoms with Gasteiger partial charge in [-0.05, 0) is 43.0 Å². The molecule has 2 aliphatic heterocycles. The number of aromatic nitrogens is 1. The Morgan fingerprint density at radius 1 is 1.15 bits per heavy atom. The summed E-state index contributed by atoms with van der Waals surface area (Å²) in [6.07, 6.45) is 4.58. The number of amides is 1. The van der Waals surface area contributed by atoms with Crippen LogP contribution in [-0.2, 0) is 17.8 Å². The van der Waals surface area contributed by atoms with Crippen LogP contribution in [0.3, 0.4) is 0 Å². The second kappa shape index (κ2) is 7.87. The predicted octanol–water partition coefficient (Wildman–Crippen LogP) is 2.41. The van der Waals surface area contributed by atoms with Crippen molar-refractivity contribution in [2.24, 2.45) is 5.92 Å². The molecule has 1 fully saturated rings. The SMILES string of the molecule is O=C(NC1CCN(Cc2ccccn2)CC1)C1COc2ccccc2C1. The molecule has 136 valence electrons. The molecule has 0 saturated carbocycles. The Morgan fingerprint density at radius 3 is 2.77 bits per heavy atom. The van der Waals surface area contributed by atoms with Crippen molar-refractivity contribution >= 4 is 5.91 Å². The highest BCUT2D eigenvalue weighted by Gasteiger charge is 2.28. The topological polar surface area (TPSA) is 54.5 Å². The maximum atomic E-state index is 12.6. The average molecular weight is 351 g/mol. The smallest absolute Gasteiger partial charge is 0.227 e. The Balaban J connectivity index is 1.25. The normalized spacial score (nSPS) is 20.8. The molecule has 5 heteroatoms.